The van der Waals surface area contributed by atoms with Crippen LogP contribution in [0.3, 0.4) is 0 Å². The van der Waals surface area contributed by atoms with E-state index in [2.05, 4.69) is 37.2 Å². The van der Waals surface area contributed by atoms with Gasteiger partial charge in [0.25, 0.3) is 11.6 Å². The van der Waals surface area contributed by atoms with Crippen molar-refractivity contribution in [2.45, 2.75) is 0 Å². The number of nitro benzene ring substituents is 1. The van der Waals surface area contributed by atoms with Crippen LogP contribution in [0.2, 0.25) is 0 Å². The number of nitrogens with zero attached hydrogens (tertiary/aromatic N) is 1. The lowest BCUT2D eigenvalue weighted by molar-refractivity contribution is -0.384. The zero-order chi connectivity index (χ0) is 15.6. The molecule has 0 unspecified atom stereocenters. The van der Waals surface area contributed by atoms with Gasteiger partial charge in [-0.2, -0.15) is 0 Å². The van der Waals surface area contributed by atoms with E-state index in [1.807, 2.05) is 0 Å². The molecule has 1 N–H and O–H groups in total. The maximum atomic E-state index is 13.1. The van der Waals surface area contributed by atoms with E-state index >= 15 is 0 Å². The summed E-state index contributed by atoms with van der Waals surface area (Å²) in [6.07, 6.45) is 0. The molecule has 21 heavy (non-hydrogen) atoms. The van der Waals surface area contributed by atoms with Gasteiger partial charge in [-0.25, -0.2) is 4.39 Å². The highest BCUT2D eigenvalue weighted by atomic mass is 79.9. The summed E-state index contributed by atoms with van der Waals surface area (Å²) in [5, 5.41) is 13.4. The molecule has 0 spiro atoms. The Bertz CT molecular complexity index is 737. The average Bonchev–Trinajstić information content (AvgIpc) is 2.43. The molecule has 0 aliphatic heterocycles. The van der Waals surface area contributed by atoms with Crippen molar-refractivity contribution < 1.29 is 14.1 Å². The largest absolute Gasteiger partial charge is 0.316 e. The quantitative estimate of drug-likeness (QED) is 0.589. The van der Waals surface area contributed by atoms with E-state index in [1.165, 1.54) is 24.3 Å². The van der Waals surface area contributed by atoms with E-state index in [0.29, 0.717) is 4.47 Å². The first-order chi connectivity index (χ1) is 9.88. The van der Waals surface area contributed by atoms with Crippen LogP contribution in [0.25, 0.3) is 0 Å². The fourth-order valence-electron chi connectivity index (χ4n) is 1.59. The maximum Gasteiger partial charge on any atom is 0.293 e. The molecule has 0 aliphatic rings. The predicted molar refractivity (Wildman–Crippen MR) is 82.8 cm³/mol. The van der Waals surface area contributed by atoms with E-state index in [0.717, 1.165) is 6.07 Å². The number of hydrogen-bond acceptors (Lipinski definition) is 3. The summed E-state index contributed by atoms with van der Waals surface area (Å²) in [6.45, 7) is 0. The van der Waals surface area contributed by atoms with Gasteiger partial charge in [-0.15, -0.1) is 0 Å². The molecule has 0 saturated heterocycles. The van der Waals surface area contributed by atoms with Gasteiger partial charge in [0.2, 0.25) is 0 Å². The topological polar surface area (TPSA) is 72.2 Å². The molecule has 2 aromatic rings. The summed E-state index contributed by atoms with van der Waals surface area (Å²) in [5.41, 5.74) is 0.00745. The molecule has 0 heterocycles. The Hall–Kier alpha value is -1.80. The minimum Gasteiger partial charge on any atom is -0.316 e. The molecule has 0 atom stereocenters. The van der Waals surface area contributed by atoms with Crippen LogP contribution in [-0.4, -0.2) is 10.8 Å². The lowest BCUT2D eigenvalue weighted by atomic mass is 10.2. The van der Waals surface area contributed by atoms with Gasteiger partial charge >= 0.3 is 0 Å². The van der Waals surface area contributed by atoms with E-state index in [-0.39, 0.29) is 21.4 Å². The summed E-state index contributed by atoms with van der Waals surface area (Å²) in [6, 6.07) is 8.00. The Labute approximate surface area is 135 Å². The summed E-state index contributed by atoms with van der Waals surface area (Å²) in [5.74, 6) is -1.07. The van der Waals surface area contributed by atoms with Gasteiger partial charge < -0.3 is 5.32 Å². The van der Waals surface area contributed by atoms with Crippen molar-refractivity contribution in [2.75, 3.05) is 5.32 Å². The lowest BCUT2D eigenvalue weighted by Crippen LogP contribution is -2.13. The van der Waals surface area contributed by atoms with Gasteiger partial charge in [-0.05, 0) is 46.3 Å². The summed E-state index contributed by atoms with van der Waals surface area (Å²) >= 11 is 6.11. The second kappa shape index (κ2) is 6.31. The minimum absolute atomic E-state index is 0.0636. The molecular formula is C13H7Br2FN2O3. The van der Waals surface area contributed by atoms with Crippen molar-refractivity contribution in [2.24, 2.45) is 0 Å². The number of carbonyl (C=O) groups is 1. The normalized spacial score (nSPS) is 10.2. The highest BCUT2D eigenvalue weighted by Gasteiger charge is 2.17. The Morgan fingerprint density at radius 2 is 1.90 bits per heavy atom. The number of halogens is 3. The lowest BCUT2D eigenvalue weighted by Gasteiger charge is -2.07. The first kappa shape index (κ1) is 15.6. The van der Waals surface area contributed by atoms with Crippen LogP contribution in [-0.2, 0) is 0 Å². The number of nitrogens with one attached hydrogen (secondary N) is 1. The number of benzene rings is 2. The molecule has 8 heteroatoms. The van der Waals surface area contributed by atoms with E-state index in [1.54, 1.807) is 6.07 Å². The number of hydrogen-bond donors (Lipinski definition) is 1. The molecule has 1 amide bonds. The Morgan fingerprint density at radius 3 is 2.52 bits per heavy atom. The van der Waals surface area contributed by atoms with Crippen molar-refractivity contribution in [3.63, 3.8) is 0 Å². The second-order valence-electron chi connectivity index (χ2n) is 4.00. The molecular weight excluding hydrogens is 411 g/mol. The Kier molecular flexibility index (Phi) is 4.69. The highest BCUT2D eigenvalue weighted by Crippen LogP contribution is 2.28. The number of amides is 1. The van der Waals surface area contributed by atoms with Gasteiger partial charge in [0.15, 0.2) is 0 Å². The third-order valence-electron chi connectivity index (χ3n) is 2.59. The van der Waals surface area contributed by atoms with Crippen LogP contribution in [0.4, 0.5) is 15.8 Å². The maximum absolute atomic E-state index is 13.1. The molecule has 0 radical (unpaired) electrons. The Balaban J connectivity index is 2.31. The van der Waals surface area contributed by atoms with Crippen LogP contribution in [0.1, 0.15) is 10.4 Å². The molecule has 0 aromatic heterocycles. The van der Waals surface area contributed by atoms with Crippen molar-refractivity contribution in [3.05, 3.63) is 66.8 Å². The van der Waals surface area contributed by atoms with Crippen LogP contribution in [0.5, 0.6) is 0 Å². The van der Waals surface area contributed by atoms with Crippen LogP contribution in [0, 0.1) is 15.9 Å². The highest BCUT2D eigenvalue weighted by molar-refractivity contribution is 9.10. The van der Waals surface area contributed by atoms with E-state index in [9.17, 15) is 19.3 Å². The van der Waals surface area contributed by atoms with E-state index in [4.69, 9.17) is 0 Å². The molecule has 0 fully saturated rings. The predicted octanol–water partition coefficient (Wildman–Crippen LogP) is 4.51. The Morgan fingerprint density at radius 1 is 1.19 bits per heavy atom. The molecule has 0 saturated carbocycles. The number of nitro groups is 1. The van der Waals surface area contributed by atoms with Crippen molar-refractivity contribution >= 4 is 49.1 Å². The second-order valence-corrected chi connectivity index (χ2v) is 5.77. The van der Waals surface area contributed by atoms with Crippen LogP contribution >= 0.6 is 31.9 Å². The first-order valence-corrected chi connectivity index (χ1v) is 7.17. The average molecular weight is 418 g/mol. The zero-order valence-corrected chi connectivity index (χ0v) is 13.4. The van der Waals surface area contributed by atoms with Crippen molar-refractivity contribution in [1.82, 2.24) is 0 Å². The van der Waals surface area contributed by atoms with Crippen molar-refractivity contribution in [3.8, 4) is 0 Å². The van der Waals surface area contributed by atoms with Crippen molar-refractivity contribution in [1.29, 1.82) is 0 Å². The third kappa shape index (κ3) is 3.64. The molecule has 0 aliphatic carbocycles. The molecule has 5 nitrogen and oxygen atoms in total. The standard InChI is InChI=1S/C13H7Br2FN2O3/c14-8-2-4-11(12(6-8)18(20)21)17-13(19)7-1-3-10(16)9(15)5-7/h1-6H,(H,17,19). The SMILES string of the molecule is O=C(Nc1ccc(Br)cc1[N+](=O)[O-])c1ccc(F)c(Br)c1. The summed E-state index contributed by atoms with van der Waals surface area (Å²) in [7, 11) is 0. The minimum atomic E-state index is -0.596. The fourth-order valence-corrected chi connectivity index (χ4v) is 2.32. The summed E-state index contributed by atoms with van der Waals surface area (Å²) < 4.78 is 13.8. The molecule has 0 bridgehead atoms. The summed E-state index contributed by atoms with van der Waals surface area (Å²) in [4.78, 5) is 22.4. The number of anilines is 1. The number of rotatable bonds is 3. The molecule has 2 rings (SSSR count). The third-order valence-corrected chi connectivity index (χ3v) is 3.69. The van der Waals surface area contributed by atoms with Gasteiger partial charge in [0.1, 0.15) is 11.5 Å². The van der Waals surface area contributed by atoms with Crippen LogP contribution < -0.4 is 5.32 Å². The molecule has 2 aromatic carbocycles. The smallest absolute Gasteiger partial charge is 0.293 e. The van der Waals surface area contributed by atoms with Gasteiger partial charge in [0, 0.05) is 16.1 Å². The first-order valence-electron chi connectivity index (χ1n) is 5.59. The van der Waals surface area contributed by atoms with Gasteiger partial charge in [-0.3, -0.25) is 14.9 Å². The molecule has 108 valence electrons. The van der Waals surface area contributed by atoms with Crippen LogP contribution in [0.15, 0.2) is 45.3 Å². The zero-order valence-electron chi connectivity index (χ0n) is 10.3. The van der Waals surface area contributed by atoms with Gasteiger partial charge in [-0.1, -0.05) is 15.9 Å². The van der Waals surface area contributed by atoms with E-state index < -0.39 is 16.6 Å². The fraction of sp³-hybridized carbons (Fsp3) is 0. The monoisotopic (exact) mass is 416 g/mol. The number of carbonyl (C=O) groups excluding carboxylic acids is 1. The van der Waals surface area contributed by atoms with Gasteiger partial charge in [0.05, 0.1) is 9.40 Å².